The van der Waals surface area contributed by atoms with E-state index in [2.05, 4.69) is 4.98 Å². The summed E-state index contributed by atoms with van der Waals surface area (Å²) in [4.78, 5) is 16.7. The van der Waals surface area contributed by atoms with Crippen molar-refractivity contribution >= 4 is 23.4 Å². The predicted octanol–water partition coefficient (Wildman–Crippen LogP) is 2.28. The molecule has 0 aliphatic carbocycles. The van der Waals surface area contributed by atoms with Crippen LogP contribution in [0, 0.1) is 0 Å². The predicted molar refractivity (Wildman–Crippen MR) is 59.7 cm³/mol. The van der Waals surface area contributed by atoms with Crippen molar-refractivity contribution in [3.05, 3.63) is 22.8 Å². The van der Waals surface area contributed by atoms with Crippen LogP contribution in [0.25, 0.3) is 0 Å². The van der Waals surface area contributed by atoms with E-state index in [1.165, 1.54) is 12.1 Å². The fourth-order valence-electron chi connectivity index (χ4n) is 1.05. The number of halogens is 1. The lowest BCUT2D eigenvalue weighted by molar-refractivity contribution is 0.0697. The van der Waals surface area contributed by atoms with Crippen molar-refractivity contribution in [1.29, 1.82) is 0 Å². The van der Waals surface area contributed by atoms with Gasteiger partial charge in [-0.25, -0.2) is 9.78 Å². The summed E-state index contributed by atoms with van der Waals surface area (Å²) >= 11 is 5.74. The Bertz CT molecular complexity index is 380. The average molecular weight is 229 g/mol. The molecule has 0 fully saturated rings. The van der Waals surface area contributed by atoms with E-state index in [1.807, 2.05) is 25.8 Å². The summed E-state index contributed by atoms with van der Waals surface area (Å²) in [7, 11) is 1.84. The number of rotatable bonds is 3. The lowest BCUT2D eigenvalue weighted by Gasteiger charge is -2.22. The number of aromatic carboxylic acids is 1. The molecule has 0 amide bonds. The highest BCUT2D eigenvalue weighted by Gasteiger charge is 2.12. The van der Waals surface area contributed by atoms with Gasteiger partial charge in [0.15, 0.2) is 0 Å². The van der Waals surface area contributed by atoms with E-state index in [1.54, 1.807) is 0 Å². The Kier molecular flexibility index (Phi) is 3.52. The van der Waals surface area contributed by atoms with Gasteiger partial charge in [-0.15, -0.1) is 0 Å². The molecule has 0 unspecified atom stereocenters. The van der Waals surface area contributed by atoms with Gasteiger partial charge in [-0.05, 0) is 26.0 Å². The second-order valence-electron chi connectivity index (χ2n) is 3.55. The van der Waals surface area contributed by atoms with Crippen molar-refractivity contribution in [1.82, 2.24) is 4.98 Å². The van der Waals surface area contributed by atoms with Gasteiger partial charge in [-0.2, -0.15) is 0 Å². The summed E-state index contributed by atoms with van der Waals surface area (Å²) < 4.78 is 0. The summed E-state index contributed by atoms with van der Waals surface area (Å²) in [5.74, 6) is -0.437. The number of hydrogen-bond acceptors (Lipinski definition) is 3. The molecular weight excluding hydrogens is 216 g/mol. The molecule has 0 saturated carbocycles. The molecule has 0 spiro atoms. The number of aromatic nitrogens is 1. The molecule has 1 N–H and O–H groups in total. The lowest BCUT2D eigenvalue weighted by atomic mass is 10.2. The lowest BCUT2D eigenvalue weighted by Crippen LogP contribution is -2.26. The van der Waals surface area contributed by atoms with Crippen molar-refractivity contribution in [3.8, 4) is 0 Å². The zero-order valence-electron chi connectivity index (χ0n) is 8.86. The van der Waals surface area contributed by atoms with Gasteiger partial charge in [-0.1, -0.05) is 11.6 Å². The van der Waals surface area contributed by atoms with Crippen LogP contribution in [0.2, 0.25) is 5.15 Å². The standard InChI is InChI=1S/C10H13ClN2O2/c1-6(2)13(3)9-5-7(10(14)15)4-8(11)12-9/h4-6H,1-3H3,(H,14,15). The molecule has 1 heterocycles. The summed E-state index contributed by atoms with van der Waals surface area (Å²) in [6.45, 7) is 3.98. The van der Waals surface area contributed by atoms with Gasteiger partial charge >= 0.3 is 5.97 Å². The zero-order valence-corrected chi connectivity index (χ0v) is 9.62. The topological polar surface area (TPSA) is 53.4 Å². The summed E-state index contributed by atoms with van der Waals surface area (Å²) in [6.07, 6.45) is 0. The molecule has 82 valence electrons. The summed E-state index contributed by atoms with van der Waals surface area (Å²) in [6, 6.07) is 3.08. The summed E-state index contributed by atoms with van der Waals surface area (Å²) in [5, 5.41) is 9.04. The van der Waals surface area contributed by atoms with Crippen molar-refractivity contribution in [2.45, 2.75) is 19.9 Å². The molecule has 15 heavy (non-hydrogen) atoms. The van der Waals surface area contributed by atoms with E-state index >= 15 is 0 Å². The van der Waals surface area contributed by atoms with Gasteiger partial charge < -0.3 is 10.0 Å². The fraction of sp³-hybridized carbons (Fsp3) is 0.400. The van der Waals surface area contributed by atoms with Gasteiger partial charge in [0.2, 0.25) is 0 Å². The van der Waals surface area contributed by atoms with Gasteiger partial charge in [0, 0.05) is 13.1 Å². The Morgan fingerprint density at radius 1 is 1.53 bits per heavy atom. The minimum Gasteiger partial charge on any atom is -0.478 e. The number of carboxylic acid groups (broad SMARTS) is 1. The van der Waals surface area contributed by atoms with Crippen molar-refractivity contribution in [3.63, 3.8) is 0 Å². The molecule has 1 aromatic heterocycles. The molecule has 0 aliphatic heterocycles. The number of nitrogens with zero attached hydrogens (tertiary/aromatic N) is 2. The zero-order chi connectivity index (χ0) is 11.6. The van der Waals surface area contributed by atoms with Crippen LogP contribution in [-0.4, -0.2) is 29.1 Å². The number of anilines is 1. The minimum atomic E-state index is -1.00. The van der Waals surface area contributed by atoms with Crippen LogP contribution in [0.1, 0.15) is 24.2 Å². The first-order valence-corrected chi connectivity index (χ1v) is 4.93. The molecule has 0 atom stereocenters. The molecule has 0 aliphatic rings. The molecule has 1 rings (SSSR count). The normalized spacial score (nSPS) is 10.5. The second kappa shape index (κ2) is 4.49. The van der Waals surface area contributed by atoms with E-state index < -0.39 is 5.97 Å². The maximum absolute atomic E-state index is 10.8. The number of carboxylic acids is 1. The third kappa shape index (κ3) is 2.83. The highest BCUT2D eigenvalue weighted by Crippen LogP contribution is 2.18. The van der Waals surface area contributed by atoms with E-state index in [0.717, 1.165) is 0 Å². The van der Waals surface area contributed by atoms with E-state index in [-0.39, 0.29) is 16.8 Å². The third-order valence-electron chi connectivity index (χ3n) is 2.16. The van der Waals surface area contributed by atoms with Crippen LogP contribution in [0.4, 0.5) is 5.82 Å². The highest BCUT2D eigenvalue weighted by molar-refractivity contribution is 6.29. The first-order chi connectivity index (χ1) is 6.91. The Balaban J connectivity index is 3.14. The molecule has 0 saturated heterocycles. The Morgan fingerprint density at radius 2 is 2.13 bits per heavy atom. The van der Waals surface area contributed by atoms with Gasteiger partial charge in [0.25, 0.3) is 0 Å². The van der Waals surface area contributed by atoms with Crippen molar-refractivity contribution in [2.24, 2.45) is 0 Å². The highest BCUT2D eigenvalue weighted by atomic mass is 35.5. The van der Waals surface area contributed by atoms with Crippen molar-refractivity contribution in [2.75, 3.05) is 11.9 Å². The monoisotopic (exact) mass is 228 g/mol. The molecule has 4 nitrogen and oxygen atoms in total. The van der Waals surface area contributed by atoms with Crippen LogP contribution >= 0.6 is 11.6 Å². The third-order valence-corrected chi connectivity index (χ3v) is 2.36. The number of hydrogen-bond donors (Lipinski definition) is 1. The summed E-state index contributed by atoms with van der Waals surface area (Å²) in [5.41, 5.74) is 0.150. The Hall–Kier alpha value is -1.29. The quantitative estimate of drug-likeness (QED) is 0.807. The number of pyridine rings is 1. The van der Waals surface area contributed by atoms with Crippen molar-refractivity contribution < 1.29 is 9.90 Å². The molecular formula is C10H13ClN2O2. The Morgan fingerprint density at radius 3 is 2.60 bits per heavy atom. The van der Waals surface area contributed by atoms with E-state index in [9.17, 15) is 4.79 Å². The average Bonchev–Trinajstić information content (AvgIpc) is 2.15. The molecule has 0 bridgehead atoms. The Labute approximate surface area is 93.5 Å². The van der Waals surface area contributed by atoms with Gasteiger partial charge in [-0.3, -0.25) is 0 Å². The van der Waals surface area contributed by atoms with Gasteiger partial charge in [0.05, 0.1) is 5.56 Å². The molecule has 1 aromatic rings. The number of carbonyl (C=O) groups is 1. The van der Waals surface area contributed by atoms with Crippen LogP contribution in [0.3, 0.4) is 0 Å². The maximum Gasteiger partial charge on any atom is 0.335 e. The molecule has 0 radical (unpaired) electrons. The van der Waals surface area contributed by atoms with Crippen LogP contribution < -0.4 is 4.90 Å². The fourth-order valence-corrected chi connectivity index (χ4v) is 1.26. The minimum absolute atomic E-state index is 0.150. The van der Waals surface area contributed by atoms with Crippen LogP contribution in [-0.2, 0) is 0 Å². The molecule has 0 aromatic carbocycles. The van der Waals surface area contributed by atoms with Crippen LogP contribution in [0.15, 0.2) is 12.1 Å². The largest absolute Gasteiger partial charge is 0.478 e. The van der Waals surface area contributed by atoms with Gasteiger partial charge in [0.1, 0.15) is 11.0 Å². The molecule has 5 heteroatoms. The second-order valence-corrected chi connectivity index (χ2v) is 3.93. The van der Waals surface area contributed by atoms with E-state index in [4.69, 9.17) is 16.7 Å². The van der Waals surface area contributed by atoms with Crippen LogP contribution in [0.5, 0.6) is 0 Å². The SMILES string of the molecule is CC(C)N(C)c1cc(C(=O)O)cc(Cl)n1. The first kappa shape index (κ1) is 11.8. The first-order valence-electron chi connectivity index (χ1n) is 4.55. The smallest absolute Gasteiger partial charge is 0.335 e. The maximum atomic E-state index is 10.8. The van der Waals surface area contributed by atoms with E-state index in [0.29, 0.717) is 5.82 Å².